The van der Waals surface area contributed by atoms with Crippen molar-refractivity contribution in [1.82, 2.24) is 24.8 Å². The van der Waals surface area contributed by atoms with E-state index in [0.29, 0.717) is 86.5 Å². The zero-order valence-electron chi connectivity index (χ0n) is 22.9. The maximum Gasteiger partial charge on any atom is 0.320 e. The van der Waals surface area contributed by atoms with E-state index in [0.717, 1.165) is 31.5 Å². The van der Waals surface area contributed by atoms with Gasteiger partial charge < -0.3 is 39.0 Å². The smallest absolute Gasteiger partial charge is 0.320 e. The molecule has 0 unspecified atom stereocenters. The Morgan fingerprint density at radius 2 is 1.59 bits per heavy atom. The fourth-order valence-electron chi connectivity index (χ4n) is 5.08. The lowest BCUT2D eigenvalue weighted by atomic mass is 10.1. The molecule has 1 aromatic heterocycles. The summed E-state index contributed by atoms with van der Waals surface area (Å²) >= 11 is 0. The molecule has 1 N–H and O–H groups in total. The van der Waals surface area contributed by atoms with E-state index in [1.165, 1.54) is 6.42 Å². The van der Waals surface area contributed by atoms with Crippen LogP contribution in [0.2, 0.25) is 0 Å². The van der Waals surface area contributed by atoms with Crippen molar-refractivity contribution in [3.63, 3.8) is 0 Å². The average Bonchev–Trinajstić information content (AvgIpc) is 3.01. The number of carbonyl (C=O) groups excluding carboxylic acids is 1. The predicted octanol–water partition coefficient (Wildman–Crippen LogP) is 3.17. The molecule has 210 valence electrons. The minimum Gasteiger partial charge on any atom is -0.493 e. The largest absolute Gasteiger partial charge is 0.493 e. The number of nitrogens with one attached hydrogen (secondary N) is 1. The zero-order chi connectivity index (χ0) is 27.2. The van der Waals surface area contributed by atoms with Crippen LogP contribution in [0.25, 0.3) is 5.57 Å². The van der Waals surface area contributed by atoms with E-state index in [-0.39, 0.29) is 6.03 Å². The van der Waals surface area contributed by atoms with Crippen molar-refractivity contribution in [3.8, 4) is 17.2 Å². The summed E-state index contributed by atoms with van der Waals surface area (Å²) in [6.07, 6.45) is 6.10. The van der Waals surface area contributed by atoms with Gasteiger partial charge in [-0.1, -0.05) is 6.08 Å². The third-order valence-electron chi connectivity index (χ3n) is 7.23. The van der Waals surface area contributed by atoms with Crippen LogP contribution in [0.3, 0.4) is 0 Å². The molecular weight excluding hydrogens is 502 g/mol. The molecule has 5 rings (SSSR count). The highest BCUT2D eigenvalue weighted by Gasteiger charge is 2.26. The molecule has 2 amide bonds. The van der Waals surface area contributed by atoms with Gasteiger partial charge in [-0.2, -0.15) is 15.0 Å². The summed E-state index contributed by atoms with van der Waals surface area (Å²) < 4.78 is 22.0. The van der Waals surface area contributed by atoms with Crippen LogP contribution >= 0.6 is 0 Å². The first-order valence-corrected chi connectivity index (χ1v) is 13.5. The minimum atomic E-state index is 0.124. The number of nitrogens with zero attached hydrogens (tertiary/aromatic N) is 6. The van der Waals surface area contributed by atoms with Gasteiger partial charge in [0, 0.05) is 57.1 Å². The van der Waals surface area contributed by atoms with Gasteiger partial charge >= 0.3 is 6.03 Å². The van der Waals surface area contributed by atoms with E-state index in [2.05, 4.69) is 16.3 Å². The molecular formula is C27H37N7O5. The number of benzene rings is 1. The topological polar surface area (TPSA) is 114 Å². The molecule has 2 aromatic rings. The Kier molecular flexibility index (Phi) is 8.50. The fraction of sp³-hybridized carbons (Fsp3) is 0.556. The Morgan fingerprint density at radius 3 is 2.21 bits per heavy atom. The van der Waals surface area contributed by atoms with Gasteiger partial charge in [0.1, 0.15) is 0 Å². The van der Waals surface area contributed by atoms with Crippen LogP contribution in [0.1, 0.15) is 31.5 Å². The van der Waals surface area contributed by atoms with Crippen molar-refractivity contribution in [2.24, 2.45) is 0 Å². The molecule has 3 aliphatic rings. The molecule has 1 aromatic carbocycles. The zero-order valence-corrected chi connectivity index (χ0v) is 22.9. The lowest BCUT2D eigenvalue weighted by molar-refractivity contribution is 0.122. The van der Waals surface area contributed by atoms with Gasteiger partial charge in [0.25, 0.3) is 0 Å². The van der Waals surface area contributed by atoms with E-state index in [9.17, 15) is 4.79 Å². The summed E-state index contributed by atoms with van der Waals surface area (Å²) in [5.74, 6) is 3.15. The quantitative estimate of drug-likeness (QED) is 0.563. The molecule has 39 heavy (non-hydrogen) atoms. The van der Waals surface area contributed by atoms with E-state index >= 15 is 0 Å². The third-order valence-corrected chi connectivity index (χ3v) is 7.23. The Hall–Kier alpha value is -3.80. The number of carbonyl (C=O) groups is 1. The molecule has 4 heterocycles. The van der Waals surface area contributed by atoms with Crippen molar-refractivity contribution in [1.29, 1.82) is 0 Å². The first-order chi connectivity index (χ1) is 19.1. The molecule has 12 nitrogen and oxygen atoms in total. The Bertz CT molecular complexity index is 1170. The van der Waals surface area contributed by atoms with Crippen molar-refractivity contribution < 1.29 is 23.7 Å². The van der Waals surface area contributed by atoms with Gasteiger partial charge in [0.15, 0.2) is 17.3 Å². The number of ether oxygens (including phenoxy) is 4. The average molecular weight is 540 g/mol. The number of urea groups is 1. The van der Waals surface area contributed by atoms with Crippen molar-refractivity contribution in [3.05, 3.63) is 24.0 Å². The van der Waals surface area contributed by atoms with Gasteiger partial charge in [-0.05, 0) is 31.3 Å². The van der Waals surface area contributed by atoms with E-state index < -0.39 is 0 Å². The summed E-state index contributed by atoms with van der Waals surface area (Å²) in [5, 5.41) is 3.30. The summed E-state index contributed by atoms with van der Waals surface area (Å²) in [4.78, 5) is 33.3. The molecule has 0 radical (unpaired) electrons. The monoisotopic (exact) mass is 539 g/mol. The maximum atomic E-state index is 13.0. The van der Waals surface area contributed by atoms with Crippen LogP contribution in [0.4, 0.5) is 22.4 Å². The minimum absolute atomic E-state index is 0.124. The van der Waals surface area contributed by atoms with E-state index in [1.54, 1.807) is 21.3 Å². The Morgan fingerprint density at radius 1 is 0.872 bits per heavy atom. The number of hydrogen-bond acceptors (Lipinski definition) is 10. The molecule has 0 saturated carbocycles. The van der Waals surface area contributed by atoms with Crippen LogP contribution in [0.15, 0.2) is 18.2 Å². The van der Waals surface area contributed by atoms with Gasteiger partial charge in [0.2, 0.25) is 17.6 Å². The van der Waals surface area contributed by atoms with Gasteiger partial charge in [-0.3, -0.25) is 0 Å². The molecule has 0 aliphatic carbocycles. The second-order valence-corrected chi connectivity index (χ2v) is 9.68. The number of piperidine rings is 1. The van der Waals surface area contributed by atoms with E-state index in [4.69, 9.17) is 33.9 Å². The lowest BCUT2D eigenvalue weighted by Crippen LogP contribution is -2.46. The number of likely N-dealkylation sites (tertiary alicyclic amines) is 1. The van der Waals surface area contributed by atoms with Crippen molar-refractivity contribution in [2.75, 3.05) is 84.0 Å². The third kappa shape index (κ3) is 6.11. The Labute approximate surface area is 228 Å². The summed E-state index contributed by atoms with van der Waals surface area (Å²) in [5.41, 5.74) is 1.69. The van der Waals surface area contributed by atoms with Gasteiger partial charge in [-0.15, -0.1) is 0 Å². The predicted molar refractivity (Wildman–Crippen MR) is 147 cm³/mol. The molecule has 0 atom stereocenters. The van der Waals surface area contributed by atoms with Crippen LogP contribution in [0, 0.1) is 0 Å². The van der Waals surface area contributed by atoms with Gasteiger partial charge in [0.05, 0.1) is 34.5 Å². The van der Waals surface area contributed by atoms with Crippen LogP contribution < -0.4 is 24.4 Å². The summed E-state index contributed by atoms with van der Waals surface area (Å²) in [6, 6.07) is 3.74. The molecule has 3 aliphatic heterocycles. The van der Waals surface area contributed by atoms with Crippen LogP contribution in [-0.2, 0) is 4.74 Å². The second kappa shape index (κ2) is 12.4. The van der Waals surface area contributed by atoms with Crippen LogP contribution in [0.5, 0.6) is 17.2 Å². The number of anilines is 3. The highest BCUT2D eigenvalue weighted by Crippen LogP contribution is 2.40. The standard InChI is InChI=1S/C27H37N7O5/c1-36-21-17-20(18-22(37-2)23(21)38-3)28-25-29-24(30-26(31-25)32-13-15-39-16-14-32)19-7-11-34(12-8-19)27(35)33-9-5-4-6-10-33/h7,17-18H,4-6,8-16H2,1-3H3,(H,28,29,30,31). The molecule has 0 bridgehead atoms. The number of amides is 2. The highest BCUT2D eigenvalue weighted by atomic mass is 16.5. The SMILES string of the molecule is COc1cc(Nc2nc(C3=CCN(C(=O)N4CCCCC4)CC3)nc(N3CCOCC3)n2)cc(OC)c1OC. The maximum absolute atomic E-state index is 13.0. The number of aromatic nitrogens is 3. The van der Waals surface area contributed by atoms with Gasteiger partial charge in [-0.25, -0.2) is 4.79 Å². The lowest BCUT2D eigenvalue weighted by Gasteiger charge is -2.34. The first kappa shape index (κ1) is 26.8. The summed E-state index contributed by atoms with van der Waals surface area (Å²) in [7, 11) is 4.72. The fourth-order valence-corrected chi connectivity index (χ4v) is 5.08. The molecule has 2 fully saturated rings. The number of morpholine rings is 1. The molecule has 12 heteroatoms. The van der Waals surface area contributed by atoms with Crippen LogP contribution in [-0.4, -0.2) is 105 Å². The van der Waals surface area contributed by atoms with Crippen molar-refractivity contribution in [2.45, 2.75) is 25.7 Å². The molecule has 0 spiro atoms. The second-order valence-electron chi connectivity index (χ2n) is 9.68. The number of hydrogen-bond donors (Lipinski definition) is 1. The number of rotatable bonds is 7. The summed E-state index contributed by atoms with van der Waals surface area (Å²) in [6.45, 7) is 5.50. The number of methoxy groups -OCH3 is 3. The van der Waals surface area contributed by atoms with E-state index in [1.807, 2.05) is 21.9 Å². The van der Waals surface area contributed by atoms with Crippen molar-refractivity contribution >= 4 is 29.2 Å². The normalized spacial score (nSPS) is 17.9. The Balaban J connectivity index is 1.41. The molecule has 2 saturated heterocycles. The first-order valence-electron chi connectivity index (χ1n) is 13.5. The highest BCUT2D eigenvalue weighted by molar-refractivity contribution is 5.76.